The third kappa shape index (κ3) is 7.97. The summed E-state index contributed by atoms with van der Waals surface area (Å²) in [7, 11) is 3.34. The molecule has 0 aliphatic carbocycles. The van der Waals surface area contributed by atoms with E-state index >= 15 is 0 Å². The van der Waals surface area contributed by atoms with Crippen LogP contribution in [0.15, 0.2) is 0 Å². The number of aliphatic hydroxyl groups excluding tert-OH is 1. The van der Waals surface area contributed by atoms with Crippen molar-refractivity contribution in [1.82, 2.24) is 10.6 Å². The molecule has 0 aromatic carbocycles. The quantitative estimate of drug-likeness (QED) is 0.480. The Morgan fingerprint density at radius 2 is 2.21 bits per heavy atom. The lowest BCUT2D eigenvalue weighted by atomic mass is 10.2. The summed E-state index contributed by atoms with van der Waals surface area (Å²) >= 11 is 0. The highest BCUT2D eigenvalue weighted by Crippen LogP contribution is 1.90. The van der Waals surface area contributed by atoms with Gasteiger partial charge in [0, 0.05) is 26.6 Å². The summed E-state index contributed by atoms with van der Waals surface area (Å²) < 4.78 is 4.75. The lowest BCUT2D eigenvalue weighted by Gasteiger charge is -2.09. The van der Waals surface area contributed by atoms with Crippen molar-refractivity contribution in [2.24, 2.45) is 0 Å². The molecule has 14 heavy (non-hydrogen) atoms. The molecule has 1 unspecified atom stereocenters. The third-order valence-electron chi connectivity index (χ3n) is 1.76. The molecule has 0 bridgehead atoms. The number of aliphatic hydroxyl groups is 1. The molecule has 0 saturated carbocycles. The number of hydrogen-bond donors (Lipinski definition) is 3. The van der Waals surface area contributed by atoms with Crippen molar-refractivity contribution in [3.05, 3.63) is 0 Å². The van der Waals surface area contributed by atoms with Gasteiger partial charge in [0.25, 0.3) is 0 Å². The highest BCUT2D eigenvalue weighted by Gasteiger charge is 2.04. The van der Waals surface area contributed by atoms with Crippen LogP contribution in [0.4, 0.5) is 0 Å². The Bertz CT molecular complexity index is 153. The Morgan fingerprint density at radius 1 is 1.50 bits per heavy atom. The summed E-state index contributed by atoms with van der Waals surface area (Å²) in [6.07, 6.45) is 0.500. The fraction of sp³-hybridized carbons (Fsp3) is 0.889. The predicted molar refractivity (Wildman–Crippen MR) is 54.1 cm³/mol. The monoisotopic (exact) mass is 204 g/mol. The molecule has 0 rings (SSSR count). The molecule has 0 fully saturated rings. The largest absolute Gasteiger partial charge is 0.391 e. The van der Waals surface area contributed by atoms with Crippen LogP contribution in [-0.2, 0) is 9.53 Å². The van der Waals surface area contributed by atoms with E-state index in [0.29, 0.717) is 32.5 Å². The molecule has 84 valence electrons. The molecule has 0 heterocycles. The summed E-state index contributed by atoms with van der Waals surface area (Å²) in [5, 5.41) is 14.8. The standard InChI is InChI=1S/C9H20N2O3/c1-10-5-4-9(13)11-6-3-8(12)7-14-2/h8,10,12H,3-7H2,1-2H3,(H,11,13). The number of hydrogen-bond acceptors (Lipinski definition) is 4. The van der Waals surface area contributed by atoms with Crippen molar-refractivity contribution in [2.75, 3.05) is 33.9 Å². The number of amides is 1. The Kier molecular flexibility index (Phi) is 8.51. The van der Waals surface area contributed by atoms with E-state index in [1.807, 2.05) is 0 Å². The second kappa shape index (κ2) is 8.93. The molecule has 0 aliphatic rings. The van der Waals surface area contributed by atoms with Crippen LogP contribution in [0.25, 0.3) is 0 Å². The van der Waals surface area contributed by atoms with Gasteiger partial charge < -0.3 is 20.5 Å². The molecule has 1 atom stereocenters. The maximum atomic E-state index is 11.1. The smallest absolute Gasteiger partial charge is 0.221 e. The van der Waals surface area contributed by atoms with Gasteiger partial charge in [-0.3, -0.25) is 4.79 Å². The molecule has 0 saturated heterocycles. The van der Waals surface area contributed by atoms with Crippen molar-refractivity contribution in [3.63, 3.8) is 0 Å². The van der Waals surface area contributed by atoms with E-state index in [0.717, 1.165) is 0 Å². The van der Waals surface area contributed by atoms with Crippen LogP contribution in [0.2, 0.25) is 0 Å². The summed E-state index contributed by atoms with van der Waals surface area (Å²) in [5.41, 5.74) is 0. The maximum absolute atomic E-state index is 11.1. The minimum atomic E-state index is -0.496. The molecule has 0 radical (unpaired) electrons. The molecule has 0 aromatic heterocycles. The first-order valence-electron chi connectivity index (χ1n) is 4.79. The zero-order chi connectivity index (χ0) is 10.8. The van der Waals surface area contributed by atoms with Gasteiger partial charge in [-0.15, -0.1) is 0 Å². The molecular formula is C9H20N2O3. The molecule has 5 nitrogen and oxygen atoms in total. The topological polar surface area (TPSA) is 70.6 Å². The van der Waals surface area contributed by atoms with Crippen LogP contribution in [0.3, 0.4) is 0 Å². The number of ether oxygens (including phenoxy) is 1. The van der Waals surface area contributed by atoms with Crippen molar-refractivity contribution in [1.29, 1.82) is 0 Å². The molecule has 1 amide bonds. The zero-order valence-corrected chi connectivity index (χ0v) is 8.88. The first-order valence-corrected chi connectivity index (χ1v) is 4.79. The normalized spacial score (nSPS) is 12.5. The van der Waals surface area contributed by atoms with E-state index in [-0.39, 0.29) is 5.91 Å². The van der Waals surface area contributed by atoms with E-state index in [1.165, 1.54) is 7.11 Å². The van der Waals surface area contributed by atoms with Crippen LogP contribution < -0.4 is 10.6 Å². The Labute approximate surface area is 84.8 Å². The number of carbonyl (C=O) groups excluding carboxylic acids is 1. The van der Waals surface area contributed by atoms with Crippen molar-refractivity contribution < 1.29 is 14.6 Å². The van der Waals surface area contributed by atoms with Crippen molar-refractivity contribution in [3.8, 4) is 0 Å². The van der Waals surface area contributed by atoms with Crippen LogP contribution in [0, 0.1) is 0 Å². The lowest BCUT2D eigenvalue weighted by molar-refractivity contribution is -0.121. The van der Waals surface area contributed by atoms with E-state index in [4.69, 9.17) is 4.74 Å². The molecule has 3 N–H and O–H groups in total. The summed E-state index contributed by atoms with van der Waals surface area (Å²) in [4.78, 5) is 11.1. The van der Waals surface area contributed by atoms with E-state index in [2.05, 4.69) is 10.6 Å². The Morgan fingerprint density at radius 3 is 2.79 bits per heavy atom. The van der Waals surface area contributed by atoms with Gasteiger partial charge in [-0.1, -0.05) is 0 Å². The predicted octanol–water partition coefficient (Wildman–Crippen LogP) is -0.890. The lowest BCUT2D eigenvalue weighted by Crippen LogP contribution is -2.30. The molecule has 0 spiro atoms. The molecular weight excluding hydrogens is 184 g/mol. The summed E-state index contributed by atoms with van der Waals surface area (Å²) in [5.74, 6) is 0.00367. The Balaban J connectivity index is 3.30. The van der Waals surface area contributed by atoms with Gasteiger partial charge >= 0.3 is 0 Å². The summed E-state index contributed by atoms with van der Waals surface area (Å²) in [6, 6.07) is 0. The minimum absolute atomic E-state index is 0.00367. The Hall–Kier alpha value is -0.650. The second-order valence-electron chi connectivity index (χ2n) is 3.10. The van der Waals surface area contributed by atoms with Crippen LogP contribution in [0.5, 0.6) is 0 Å². The maximum Gasteiger partial charge on any atom is 0.221 e. The molecule has 0 aromatic rings. The van der Waals surface area contributed by atoms with E-state index < -0.39 is 6.10 Å². The molecule has 0 aliphatic heterocycles. The number of carbonyl (C=O) groups is 1. The average Bonchev–Trinajstić information content (AvgIpc) is 2.15. The first-order chi connectivity index (χ1) is 6.70. The second-order valence-corrected chi connectivity index (χ2v) is 3.10. The highest BCUT2D eigenvalue weighted by atomic mass is 16.5. The fourth-order valence-corrected chi connectivity index (χ4v) is 0.981. The molecule has 5 heteroatoms. The zero-order valence-electron chi connectivity index (χ0n) is 8.88. The van der Waals surface area contributed by atoms with Gasteiger partial charge in [0.1, 0.15) is 0 Å². The third-order valence-corrected chi connectivity index (χ3v) is 1.76. The number of nitrogens with one attached hydrogen (secondary N) is 2. The van der Waals surface area contributed by atoms with Gasteiger partial charge in [-0.25, -0.2) is 0 Å². The van der Waals surface area contributed by atoms with E-state index in [1.54, 1.807) is 7.05 Å². The number of rotatable bonds is 8. The van der Waals surface area contributed by atoms with Crippen LogP contribution >= 0.6 is 0 Å². The fourth-order valence-electron chi connectivity index (χ4n) is 0.981. The highest BCUT2D eigenvalue weighted by molar-refractivity contribution is 5.75. The summed E-state index contributed by atoms with van der Waals surface area (Å²) in [6.45, 7) is 1.48. The number of methoxy groups -OCH3 is 1. The van der Waals surface area contributed by atoms with Crippen LogP contribution in [0.1, 0.15) is 12.8 Å². The van der Waals surface area contributed by atoms with Gasteiger partial charge in [-0.2, -0.15) is 0 Å². The van der Waals surface area contributed by atoms with Gasteiger partial charge in [0.05, 0.1) is 12.7 Å². The van der Waals surface area contributed by atoms with Gasteiger partial charge in [0.2, 0.25) is 5.91 Å². The van der Waals surface area contributed by atoms with Gasteiger partial charge in [-0.05, 0) is 13.5 Å². The first kappa shape index (κ1) is 13.4. The van der Waals surface area contributed by atoms with Crippen LogP contribution in [-0.4, -0.2) is 51.0 Å². The average molecular weight is 204 g/mol. The van der Waals surface area contributed by atoms with E-state index in [9.17, 15) is 9.90 Å². The minimum Gasteiger partial charge on any atom is -0.391 e. The van der Waals surface area contributed by atoms with Gasteiger partial charge in [0.15, 0.2) is 0 Å². The van der Waals surface area contributed by atoms with Crippen molar-refractivity contribution >= 4 is 5.91 Å². The van der Waals surface area contributed by atoms with Crippen molar-refractivity contribution in [2.45, 2.75) is 18.9 Å². The SMILES string of the molecule is CNCCC(=O)NCCC(O)COC.